The number of aromatic nitrogens is 1. The first-order valence-electron chi connectivity index (χ1n) is 9.05. The summed E-state index contributed by atoms with van der Waals surface area (Å²) in [6.45, 7) is 6.13. The SMILES string of the molecule is Cc1ccc(OCCN2CCC(c3nc4ccccc4s3)CC2)cc1. The van der Waals surface area contributed by atoms with Gasteiger partial charge in [0.05, 0.1) is 15.2 Å². The van der Waals surface area contributed by atoms with Crippen molar-refractivity contribution in [2.75, 3.05) is 26.2 Å². The van der Waals surface area contributed by atoms with Crippen LogP contribution in [0.3, 0.4) is 0 Å². The smallest absolute Gasteiger partial charge is 0.119 e. The normalized spacial score (nSPS) is 16.4. The Morgan fingerprint density at radius 3 is 2.60 bits per heavy atom. The molecule has 0 bridgehead atoms. The molecule has 0 unspecified atom stereocenters. The van der Waals surface area contributed by atoms with Crippen LogP contribution in [0.25, 0.3) is 10.2 Å². The molecule has 4 rings (SSSR count). The molecule has 0 radical (unpaired) electrons. The van der Waals surface area contributed by atoms with Gasteiger partial charge in [-0.25, -0.2) is 4.98 Å². The molecule has 4 heteroatoms. The van der Waals surface area contributed by atoms with E-state index < -0.39 is 0 Å². The number of aryl methyl sites for hydroxylation is 1. The van der Waals surface area contributed by atoms with Crippen LogP contribution in [0.1, 0.15) is 29.3 Å². The molecular formula is C21H24N2OS. The highest BCUT2D eigenvalue weighted by molar-refractivity contribution is 7.18. The molecule has 0 amide bonds. The number of nitrogens with zero attached hydrogens (tertiary/aromatic N) is 2. The Balaban J connectivity index is 1.26. The van der Waals surface area contributed by atoms with Crippen LogP contribution >= 0.6 is 11.3 Å². The second-order valence-electron chi connectivity index (χ2n) is 6.80. The summed E-state index contributed by atoms with van der Waals surface area (Å²) in [6.07, 6.45) is 2.40. The van der Waals surface area contributed by atoms with Crippen LogP contribution in [0, 0.1) is 6.92 Å². The Kier molecular flexibility index (Phi) is 4.99. The van der Waals surface area contributed by atoms with Gasteiger partial charge in [0.2, 0.25) is 0 Å². The Labute approximate surface area is 153 Å². The third-order valence-electron chi connectivity index (χ3n) is 4.94. The fourth-order valence-corrected chi connectivity index (χ4v) is 4.53. The van der Waals surface area contributed by atoms with Gasteiger partial charge in [-0.2, -0.15) is 0 Å². The van der Waals surface area contributed by atoms with Crippen molar-refractivity contribution < 1.29 is 4.74 Å². The van der Waals surface area contributed by atoms with E-state index in [0.29, 0.717) is 5.92 Å². The lowest BCUT2D eigenvalue weighted by Gasteiger charge is -2.30. The van der Waals surface area contributed by atoms with E-state index in [2.05, 4.69) is 60.4 Å². The standard InChI is InChI=1S/C21H24N2OS/c1-16-6-8-18(9-7-16)24-15-14-23-12-10-17(11-13-23)21-22-19-4-2-3-5-20(19)25-21/h2-9,17H,10-15H2,1H3. The molecule has 1 aliphatic rings. The fraction of sp³-hybridized carbons (Fsp3) is 0.381. The van der Waals surface area contributed by atoms with Gasteiger partial charge in [0.1, 0.15) is 12.4 Å². The molecule has 2 aromatic carbocycles. The van der Waals surface area contributed by atoms with Crippen LogP contribution < -0.4 is 4.74 Å². The van der Waals surface area contributed by atoms with Crippen LogP contribution in [-0.4, -0.2) is 36.1 Å². The molecule has 0 saturated carbocycles. The first kappa shape index (κ1) is 16.6. The number of para-hydroxylation sites is 1. The lowest BCUT2D eigenvalue weighted by molar-refractivity contribution is 0.173. The van der Waals surface area contributed by atoms with Gasteiger partial charge in [-0.3, -0.25) is 4.90 Å². The highest BCUT2D eigenvalue weighted by atomic mass is 32.1. The minimum absolute atomic E-state index is 0.617. The number of hydrogen-bond acceptors (Lipinski definition) is 4. The summed E-state index contributed by atoms with van der Waals surface area (Å²) < 4.78 is 7.17. The van der Waals surface area contributed by atoms with E-state index in [-0.39, 0.29) is 0 Å². The first-order valence-corrected chi connectivity index (χ1v) is 9.87. The van der Waals surface area contributed by atoms with Crippen LogP contribution in [0.4, 0.5) is 0 Å². The number of thiazole rings is 1. The average Bonchev–Trinajstić information content (AvgIpc) is 3.08. The Hall–Kier alpha value is -1.91. The third kappa shape index (κ3) is 4.02. The molecule has 0 spiro atoms. The zero-order valence-corrected chi connectivity index (χ0v) is 15.5. The summed E-state index contributed by atoms with van der Waals surface area (Å²) in [5, 5.41) is 1.32. The summed E-state index contributed by atoms with van der Waals surface area (Å²) in [5.41, 5.74) is 2.42. The predicted molar refractivity (Wildman–Crippen MR) is 105 cm³/mol. The number of piperidine rings is 1. The van der Waals surface area contributed by atoms with Crippen molar-refractivity contribution in [3.05, 3.63) is 59.1 Å². The maximum atomic E-state index is 5.86. The van der Waals surface area contributed by atoms with Gasteiger partial charge in [-0.15, -0.1) is 11.3 Å². The summed E-state index contributed by atoms with van der Waals surface area (Å²) in [4.78, 5) is 7.36. The third-order valence-corrected chi connectivity index (χ3v) is 6.14. The van der Waals surface area contributed by atoms with Gasteiger partial charge in [0, 0.05) is 12.5 Å². The number of fused-ring (bicyclic) bond motifs is 1. The van der Waals surface area contributed by atoms with Crippen molar-refractivity contribution in [2.24, 2.45) is 0 Å². The van der Waals surface area contributed by atoms with Crippen molar-refractivity contribution in [3.63, 3.8) is 0 Å². The van der Waals surface area contributed by atoms with Gasteiger partial charge >= 0.3 is 0 Å². The summed E-state index contributed by atoms with van der Waals surface area (Å²) >= 11 is 1.87. The van der Waals surface area contributed by atoms with Gasteiger partial charge < -0.3 is 4.74 Å². The molecule has 3 aromatic rings. The monoisotopic (exact) mass is 352 g/mol. The molecule has 1 aromatic heterocycles. The summed E-state index contributed by atoms with van der Waals surface area (Å²) in [6, 6.07) is 16.8. The van der Waals surface area contributed by atoms with E-state index in [1.807, 2.05) is 11.3 Å². The Morgan fingerprint density at radius 2 is 1.84 bits per heavy atom. The number of ether oxygens (including phenoxy) is 1. The molecule has 2 heterocycles. The second kappa shape index (κ2) is 7.54. The number of benzene rings is 2. The van der Waals surface area contributed by atoms with Crippen molar-refractivity contribution in [1.29, 1.82) is 0 Å². The van der Waals surface area contributed by atoms with Gasteiger partial charge in [-0.1, -0.05) is 29.8 Å². The van der Waals surface area contributed by atoms with E-state index in [9.17, 15) is 0 Å². The van der Waals surface area contributed by atoms with Gasteiger partial charge in [0.15, 0.2) is 0 Å². The fourth-order valence-electron chi connectivity index (χ4n) is 3.40. The van der Waals surface area contributed by atoms with Crippen molar-refractivity contribution in [1.82, 2.24) is 9.88 Å². The molecule has 3 nitrogen and oxygen atoms in total. The minimum atomic E-state index is 0.617. The Morgan fingerprint density at radius 1 is 1.08 bits per heavy atom. The predicted octanol–water partition coefficient (Wildman–Crippen LogP) is 4.86. The van der Waals surface area contributed by atoms with E-state index in [4.69, 9.17) is 9.72 Å². The van der Waals surface area contributed by atoms with Crippen LogP contribution in [0.15, 0.2) is 48.5 Å². The van der Waals surface area contributed by atoms with Crippen molar-refractivity contribution in [3.8, 4) is 5.75 Å². The topological polar surface area (TPSA) is 25.4 Å². The minimum Gasteiger partial charge on any atom is -0.492 e. The van der Waals surface area contributed by atoms with Gasteiger partial charge in [-0.05, 0) is 57.1 Å². The molecule has 0 N–H and O–H groups in total. The largest absolute Gasteiger partial charge is 0.492 e. The van der Waals surface area contributed by atoms with E-state index >= 15 is 0 Å². The number of likely N-dealkylation sites (tertiary alicyclic amines) is 1. The summed E-state index contributed by atoms with van der Waals surface area (Å²) in [5.74, 6) is 1.58. The maximum absolute atomic E-state index is 5.86. The Bertz CT molecular complexity index is 786. The quantitative estimate of drug-likeness (QED) is 0.655. The molecule has 25 heavy (non-hydrogen) atoms. The van der Waals surface area contributed by atoms with Crippen molar-refractivity contribution in [2.45, 2.75) is 25.7 Å². The van der Waals surface area contributed by atoms with Crippen LogP contribution in [0.5, 0.6) is 5.75 Å². The van der Waals surface area contributed by atoms with Crippen molar-refractivity contribution >= 4 is 21.6 Å². The number of rotatable bonds is 5. The average molecular weight is 353 g/mol. The number of hydrogen-bond donors (Lipinski definition) is 0. The molecule has 1 fully saturated rings. The highest BCUT2D eigenvalue weighted by Gasteiger charge is 2.23. The van der Waals surface area contributed by atoms with Crippen LogP contribution in [0.2, 0.25) is 0 Å². The van der Waals surface area contributed by atoms with E-state index in [1.165, 1.54) is 28.1 Å². The molecule has 0 atom stereocenters. The lowest BCUT2D eigenvalue weighted by atomic mass is 9.97. The molecular weight excluding hydrogens is 328 g/mol. The summed E-state index contributed by atoms with van der Waals surface area (Å²) in [7, 11) is 0. The maximum Gasteiger partial charge on any atom is 0.119 e. The molecule has 1 aliphatic heterocycles. The molecule has 130 valence electrons. The molecule has 0 aliphatic carbocycles. The molecule has 1 saturated heterocycles. The van der Waals surface area contributed by atoms with E-state index in [1.54, 1.807) is 0 Å². The lowest BCUT2D eigenvalue weighted by Crippen LogP contribution is -2.35. The first-order chi connectivity index (χ1) is 12.3. The zero-order chi connectivity index (χ0) is 17.1. The van der Waals surface area contributed by atoms with Gasteiger partial charge in [0.25, 0.3) is 0 Å². The zero-order valence-electron chi connectivity index (χ0n) is 14.6. The van der Waals surface area contributed by atoms with E-state index in [0.717, 1.165) is 37.5 Å². The highest BCUT2D eigenvalue weighted by Crippen LogP contribution is 2.33. The van der Waals surface area contributed by atoms with Crippen LogP contribution in [-0.2, 0) is 0 Å². The second-order valence-corrected chi connectivity index (χ2v) is 7.86.